The van der Waals surface area contributed by atoms with E-state index in [1.807, 2.05) is 0 Å². The fourth-order valence-corrected chi connectivity index (χ4v) is 4.40. The van der Waals surface area contributed by atoms with E-state index in [-0.39, 0.29) is 23.0 Å². The normalized spacial score (nSPS) is 30.8. The fourth-order valence-electron chi connectivity index (χ4n) is 3.05. The van der Waals surface area contributed by atoms with Crippen molar-refractivity contribution in [1.82, 2.24) is 0 Å². The Morgan fingerprint density at radius 3 is 2.42 bits per heavy atom. The molecule has 1 aliphatic heterocycles. The zero-order valence-electron chi connectivity index (χ0n) is 14.1. The summed E-state index contributed by atoms with van der Waals surface area (Å²) >= 11 is 0. The summed E-state index contributed by atoms with van der Waals surface area (Å²) in [6.45, 7) is 3.52. The van der Waals surface area contributed by atoms with Gasteiger partial charge in [0, 0.05) is 11.8 Å². The van der Waals surface area contributed by atoms with Crippen molar-refractivity contribution >= 4 is 15.8 Å². The van der Waals surface area contributed by atoms with Gasteiger partial charge in [-0.15, -0.1) is 0 Å². The van der Waals surface area contributed by atoms with Crippen LogP contribution < -0.4 is 0 Å². The van der Waals surface area contributed by atoms with Gasteiger partial charge in [0.1, 0.15) is 0 Å². The van der Waals surface area contributed by atoms with E-state index in [1.165, 1.54) is 7.11 Å². The van der Waals surface area contributed by atoms with Crippen LogP contribution in [-0.4, -0.2) is 50.7 Å². The van der Waals surface area contributed by atoms with Crippen molar-refractivity contribution in [3.63, 3.8) is 0 Å². The predicted molar refractivity (Wildman–Crippen MR) is 88.1 cm³/mol. The van der Waals surface area contributed by atoms with Gasteiger partial charge >= 0.3 is 5.97 Å². The summed E-state index contributed by atoms with van der Waals surface area (Å²) in [6.07, 6.45) is -1.97. The molecule has 0 spiro atoms. The van der Waals surface area contributed by atoms with Crippen LogP contribution in [0.4, 0.5) is 0 Å². The van der Waals surface area contributed by atoms with Crippen LogP contribution in [0.1, 0.15) is 20.3 Å². The fraction of sp³-hybridized carbons (Fsp3) is 0.588. The SMILES string of the molecule is COC(=O)[C@H]1O[C@@H](CCS(=O)(=O)c2ccccc2)[C@@H](C)[C@@H](O)C1C. The van der Waals surface area contributed by atoms with Crippen molar-refractivity contribution < 1.29 is 27.8 Å². The molecule has 1 fully saturated rings. The van der Waals surface area contributed by atoms with Crippen LogP contribution in [0.3, 0.4) is 0 Å². The first-order valence-corrected chi connectivity index (χ1v) is 9.62. The van der Waals surface area contributed by atoms with Gasteiger partial charge in [0.2, 0.25) is 0 Å². The highest BCUT2D eigenvalue weighted by Gasteiger charge is 2.44. The van der Waals surface area contributed by atoms with Crippen molar-refractivity contribution in [2.45, 2.75) is 43.5 Å². The number of hydrogen-bond acceptors (Lipinski definition) is 6. The molecule has 0 saturated carbocycles. The number of aliphatic hydroxyl groups excluding tert-OH is 1. The Balaban J connectivity index is 2.09. The van der Waals surface area contributed by atoms with E-state index in [2.05, 4.69) is 0 Å². The van der Waals surface area contributed by atoms with Crippen LogP contribution in [0.15, 0.2) is 35.2 Å². The summed E-state index contributed by atoms with van der Waals surface area (Å²) in [5, 5.41) is 10.3. The van der Waals surface area contributed by atoms with Crippen LogP contribution in [0.2, 0.25) is 0 Å². The van der Waals surface area contributed by atoms with Crippen LogP contribution >= 0.6 is 0 Å². The molecule has 6 nitrogen and oxygen atoms in total. The summed E-state index contributed by atoms with van der Waals surface area (Å²) in [7, 11) is -2.17. The molecule has 0 radical (unpaired) electrons. The van der Waals surface area contributed by atoms with Crippen molar-refractivity contribution in [3.8, 4) is 0 Å². The molecular weight excluding hydrogens is 332 g/mol. The van der Waals surface area contributed by atoms with E-state index in [0.29, 0.717) is 0 Å². The van der Waals surface area contributed by atoms with Crippen molar-refractivity contribution in [3.05, 3.63) is 30.3 Å². The largest absolute Gasteiger partial charge is 0.467 e. The van der Waals surface area contributed by atoms with E-state index in [4.69, 9.17) is 9.47 Å². The molecule has 0 amide bonds. The first-order chi connectivity index (χ1) is 11.3. The van der Waals surface area contributed by atoms with Gasteiger partial charge in [-0.25, -0.2) is 13.2 Å². The number of sulfone groups is 1. The molecule has 0 bridgehead atoms. The third-order valence-electron chi connectivity index (χ3n) is 4.67. The lowest BCUT2D eigenvalue weighted by Gasteiger charge is -2.41. The second-order valence-electron chi connectivity index (χ2n) is 6.25. The first kappa shape index (κ1) is 18.9. The van der Waals surface area contributed by atoms with Gasteiger partial charge in [0.15, 0.2) is 15.9 Å². The lowest BCUT2D eigenvalue weighted by atomic mass is 9.82. The molecule has 1 aliphatic rings. The minimum absolute atomic E-state index is 0.110. The molecule has 1 unspecified atom stereocenters. The topological polar surface area (TPSA) is 89.9 Å². The number of hydrogen-bond donors (Lipinski definition) is 1. The number of aliphatic hydroxyl groups is 1. The van der Waals surface area contributed by atoms with Crippen molar-refractivity contribution in [2.75, 3.05) is 12.9 Å². The number of methoxy groups -OCH3 is 1. The summed E-state index contributed by atoms with van der Waals surface area (Å²) in [5.41, 5.74) is 0. The number of esters is 1. The molecule has 1 saturated heterocycles. The summed E-state index contributed by atoms with van der Waals surface area (Å²) in [6, 6.07) is 8.20. The summed E-state index contributed by atoms with van der Waals surface area (Å²) in [5.74, 6) is -1.34. The first-order valence-electron chi connectivity index (χ1n) is 7.97. The quantitative estimate of drug-likeness (QED) is 0.803. The van der Waals surface area contributed by atoms with Crippen LogP contribution in [0.5, 0.6) is 0 Å². The average molecular weight is 356 g/mol. The Hall–Kier alpha value is -1.44. The predicted octanol–water partition coefficient (Wildman–Crippen LogP) is 1.42. The second kappa shape index (κ2) is 7.63. The lowest BCUT2D eigenvalue weighted by Crippen LogP contribution is -2.52. The molecule has 0 aliphatic carbocycles. The maximum Gasteiger partial charge on any atom is 0.335 e. The van der Waals surface area contributed by atoms with E-state index in [0.717, 1.165) is 0 Å². The number of carbonyl (C=O) groups excluding carboxylic acids is 1. The third-order valence-corrected chi connectivity index (χ3v) is 6.43. The monoisotopic (exact) mass is 356 g/mol. The molecule has 7 heteroatoms. The van der Waals surface area contributed by atoms with Gasteiger partial charge in [-0.2, -0.15) is 0 Å². The highest BCUT2D eigenvalue weighted by atomic mass is 32.2. The van der Waals surface area contributed by atoms with Gasteiger partial charge in [0.05, 0.1) is 30.0 Å². The van der Waals surface area contributed by atoms with Gasteiger partial charge < -0.3 is 14.6 Å². The Morgan fingerprint density at radius 2 is 1.83 bits per heavy atom. The Kier molecular flexibility index (Phi) is 6.01. The Morgan fingerprint density at radius 1 is 1.21 bits per heavy atom. The van der Waals surface area contributed by atoms with Gasteiger partial charge in [-0.3, -0.25) is 0 Å². The minimum atomic E-state index is -3.44. The molecule has 1 aromatic carbocycles. The van der Waals surface area contributed by atoms with Crippen LogP contribution in [0.25, 0.3) is 0 Å². The molecule has 1 aromatic rings. The minimum Gasteiger partial charge on any atom is -0.467 e. The second-order valence-corrected chi connectivity index (χ2v) is 8.36. The third kappa shape index (κ3) is 3.96. The Labute approximate surface area is 142 Å². The van der Waals surface area contributed by atoms with E-state index < -0.39 is 40.0 Å². The maximum atomic E-state index is 12.4. The molecule has 0 aromatic heterocycles. The molecule has 2 rings (SSSR count). The van der Waals surface area contributed by atoms with E-state index >= 15 is 0 Å². The van der Waals surface area contributed by atoms with Crippen molar-refractivity contribution in [1.29, 1.82) is 0 Å². The zero-order valence-corrected chi connectivity index (χ0v) is 14.9. The van der Waals surface area contributed by atoms with Gasteiger partial charge in [-0.05, 0) is 18.6 Å². The summed E-state index contributed by atoms with van der Waals surface area (Å²) < 4.78 is 35.3. The van der Waals surface area contributed by atoms with E-state index in [9.17, 15) is 18.3 Å². The molecule has 5 atom stereocenters. The van der Waals surface area contributed by atoms with Gasteiger partial charge in [-0.1, -0.05) is 32.0 Å². The lowest BCUT2D eigenvalue weighted by molar-refractivity contribution is -0.193. The molecule has 1 heterocycles. The van der Waals surface area contributed by atoms with Gasteiger partial charge in [0.25, 0.3) is 0 Å². The number of benzene rings is 1. The van der Waals surface area contributed by atoms with E-state index in [1.54, 1.807) is 44.2 Å². The molecule has 134 valence electrons. The highest BCUT2D eigenvalue weighted by Crippen LogP contribution is 2.32. The molecule has 1 N–H and O–H groups in total. The number of carbonyl (C=O) groups is 1. The highest BCUT2D eigenvalue weighted by molar-refractivity contribution is 7.91. The number of ether oxygens (including phenoxy) is 2. The standard InChI is InChI=1S/C17H24O6S/c1-11-14(23-16(17(19)22-3)12(2)15(11)18)9-10-24(20,21)13-7-5-4-6-8-13/h4-8,11-12,14-16,18H,9-10H2,1-3H3/t11-,12?,14+,15-,16+/m1/s1. The van der Waals surface area contributed by atoms with Crippen LogP contribution in [0, 0.1) is 11.8 Å². The molecular formula is C17H24O6S. The zero-order chi connectivity index (χ0) is 17.9. The number of rotatable bonds is 5. The van der Waals surface area contributed by atoms with Crippen LogP contribution in [-0.2, 0) is 24.1 Å². The average Bonchev–Trinajstić information content (AvgIpc) is 2.59. The summed E-state index contributed by atoms with van der Waals surface area (Å²) in [4.78, 5) is 12.1. The van der Waals surface area contributed by atoms with Crippen molar-refractivity contribution in [2.24, 2.45) is 11.8 Å². The Bertz CT molecular complexity index is 657. The maximum absolute atomic E-state index is 12.4. The molecule has 24 heavy (non-hydrogen) atoms. The smallest absolute Gasteiger partial charge is 0.335 e.